The monoisotopic (exact) mass is 253 g/mol. The third kappa shape index (κ3) is 4.65. The zero-order chi connectivity index (χ0) is 12.7. The van der Waals surface area contributed by atoms with Crippen LogP contribution >= 0.6 is 0 Å². The molecule has 1 aliphatic rings. The largest absolute Gasteiger partial charge is 0.507 e. The van der Waals surface area contributed by atoms with E-state index in [1.54, 1.807) is 0 Å². The number of benzene rings is 1. The van der Waals surface area contributed by atoms with Gasteiger partial charge in [0, 0.05) is 6.61 Å². The topological polar surface area (TPSA) is 87.0 Å². The van der Waals surface area contributed by atoms with Crippen molar-refractivity contribution in [2.45, 2.75) is 18.1 Å². The van der Waals surface area contributed by atoms with Crippen LogP contribution in [0.5, 0.6) is 11.5 Å². The Kier molecular flexibility index (Phi) is 5.84. The summed E-state index contributed by atoms with van der Waals surface area (Å²) in [7, 11) is 0. The van der Waals surface area contributed by atoms with Crippen LogP contribution in [0.25, 0.3) is 0 Å². The van der Waals surface area contributed by atoms with Gasteiger partial charge in [0.1, 0.15) is 5.56 Å². The molecule has 1 aliphatic heterocycles. The van der Waals surface area contributed by atoms with Crippen molar-refractivity contribution in [2.75, 3.05) is 6.61 Å². The fraction of sp³-hybridized carbons (Fsp3) is 0.364. The van der Waals surface area contributed by atoms with E-state index in [1.807, 2.05) is 0 Å². The molecule has 0 atom stereocenters. The molecule has 0 saturated carbocycles. The first-order valence-corrected chi connectivity index (χ1v) is 6.59. The SMILES string of the molecule is C1C[CH2][Al][O]C1.O=C(O)c1cccc(O)c1O. The van der Waals surface area contributed by atoms with E-state index in [0.717, 1.165) is 6.61 Å². The molecule has 1 aromatic rings. The first-order valence-electron chi connectivity index (χ1n) is 5.30. The number of phenols is 2. The fourth-order valence-corrected chi connectivity index (χ4v) is 2.24. The second-order valence-electron chi connectivity index (χ2n) is 3.51. The first-order chi connectivity index (χ1) is 8.13. The van der Waals surface area contributed by atoms with Crippen LogP contribution in [0, 0.1) is 0 Å². The van der Waals surface area contributed by atoms with Crippen molar-refractivity contribution in [3.8, 4) is 11.5 Å². The van der Waals surface area contributed by atoms with E-state index in [9.17, 15) is 4.79 Å². The zero-order valence-electron chi connectivity index (χ0n) is 9.30. The molecule has 6 heteroatoms. The van der Waals surface area contributed by atoms with Gasteiger partial charge in [-0.3, -0.25) is 0 Å². The first kappa shape index (κ1) is 13.8. The van der Waals surface area contributed by atoms with Crippen molar-refractivity contribution >= 4 is 21.5 Å². The number of rotatable bonds is 1. The molecule has 1 heterocycles. The maximum atomic E-state index is 10.3. The third-order valence-electron chi connectivity index (χ3n) is 2.20. The minimum absolute atomic E-state index is 0.301. The lowest BCUT2D eigenvalue weighted by atomic mass is 10.2. The Morgan fingerprint density at radius 3 is 2.41 bits per heavy atom. The molecule has 1 fully saturated rings. The average Bonchev–Trinajstić information content (AvgIpc) is 2.35. The molecule has 3 N–H and O–H groups in total. The molecule has 0 aliphatic carbocycles. The van der Waals surface area contributed by atoms with E-state index < -0.39 is 17.5 Å². The molecule has 91 valence electrons. The minimum atomic E-state index is -1.27. The van der Waals surface area contributed by atoms with Crippen LogP contribution in [-0.2, 0) is 3.79 Å². The summed E-state index contributed by atoms with van der Waals surface area (Å²) in [6.07, 6.45) is 2.71. The van der Waals surface area contributed by atoms with Crippen LogP contribution in [0.15, 0.2) is 18.2 Å². The van der Waals surface area contributed by atoms with Gasteiger partial charge in [0.2, 0.25) is 0 Å². The number of hydrogen-bond donors (Lipinski definition) is 3. The van der Waals surface area contributed by atoms with Gasteiger partial charge < -0.3 is 19.1 Å². The van der Waals surface area contributed by atoms with Crippen LogP contribution in [0.2, 0.25) is 5.28 Å². The van der Waals surface area contributed by atoms with Gasteiger partial charge in [-0.2, -0.15) is 0 Å². The molecule has 0 spiro atoms. The number of carboxylic acids is 1. The summed E-state index contributed by atoms with van der Waals surface area (Å²) in [4.78, 5) is 10.3. The summed E-state index contributed by atoms with van der Waals surface area (Å²) in [5, 5.41) is 27.6. The molecule has 1 aromatic carbocycles. The lowest BCUT2D eigenvalue weighted by Gasteiger charge is -2.07. The smallest absolute Gasteiger partial charge is 0.423 e. The van der Waals surface area contributed by atoms with Gasteiger partial charge in [0.25, 0.3) is 0 Å². The van der Waals surface area contributed by atoms with Gasteiger partial charge in [0.05, 0.1) is 0 Å². The molecule has 2 rings (SSSR count). The van der Waals surface area contributed by atoms with E-state index in [4.69, 9.17) is 19.1 Å². The lowest BCUT2D eigenvalue weighted by molar-refractivity contribution is 0.0693. The summed E-state index contributed by atoms with van der Waals surface area (Å²) >= 11 is 0.405. The summed E-state index contributed by atoms with van der Waals surface area (Å²) in [5.74, 6) is -2.29. The predicted molar refractivity (Wildman–Crippen MR) is 62.5 cm³/mol. The van der Waals surface area contributed by atoms with E-state index in [-0.39, 0.29) is 5.56 Å². The Morgan fingerprint density at radius 2 is 2.06 bits per heavy atom. The Hall–Kier alpha value is -1.22. The van der Waals surface area contributed by atoms with Crippen molar-refractivity contribution in [1.82, 2.24) is 0 Å². The van der Waals surface area contributed by atoms with Crippen LogP contribution in [-0.4, -0.2) is 43.4 Å². The normalized spacial score (nSPS) is 14.1. The van der Waals surface area contributed by atoms with Crippen LogP contribution in [0.4, 0.5) is 0 Å². The molecule has 0 bridgehead atoms. The Balaban J connectivity index is 0.000000202. The predicted octanol–water partition coefficient (Wildman–Crippen LogP) is 1.63. The van der Waals surface area contributed by atoms with E-state index in [0.29, 0.717) is 15.6 Å². The summed E-state index contributed by atoms with van der Waals surface area (Å²) in [6.45, 7) is 1.04. The Labute approximate surface area is 106 Å². The highest BCUT2D eigenvalue weighted by Crippen LogP contribution is 2.27. The van der Waals surface area contributed by atoms with E-state index in [1.165, 1.54) is 36.3 Å². The number of aromatic carboxylic acids is 1. The molecular weight excluding hydrogens is 239 g/mol. The summed E-state index contributed by atoms with van der Waals surface area (Å²) < 4.78 is 5.15. The van der Waals surface area contributed by atoms with E-state index in [2.05, 4.69) is 0 Å². The number of phenolic OH excluding ortho intramolecular Hbond substituents is 1. The highest BCUT2D eigenvalue weighted by Gasteiger charge is 2.11. The number of hydrogen-bond acceptors (Lipinski definition) is 4. The number of carboxylic acid groups (broad SMARTS) is 1. The van der Waals surface area contributed by atoms with Crippen molar-refractivity contribution in [1.29, 1.82) is 0 Å². The second-order valence-corrected chi connectivity index (χ2v) is 4.76. The van der Waals surface area contributed by atoms with Crippen molar-refractivity contribution in [3.05, 3.63) is 23.8 Å². The van der Waals surface area contributed by atoms with Gasteiger partial charge >= 0.3 is 21.5 Å². The van der Waals surface area contributed by atoms with Crippen LogP contribution < -0.4 is 0 Å². The fourth-order valence-electron chi connectivity index (χ4n) is 1.28. The summed E-state index contributed by atoms with van der Waals surface area (Å²) in [5.41, 5.74) is -0.301. The average molecular weight is 253 g/mol. The molecule has 0 aromatic heterocycles. The van der Waals surface area contributed by atoms with Crippen LogP contribution in [0.3, 0.4) is 0 Å². The van der Waals surface area contributed by atoms with Gasteiger partial charge in [0.15, 0.2) is 11.5 Å². The Morgan fingerprint density at radius 1 is 1.29 bits per heavy atom. The van der Waals surface area contributed by atoms with Crippen molar-refractivity contribution in [2.24, 2.45) is 0 Å². The maximum Gasteiger partial charge on any atom is 0.423 e. The maximum absolute atomic E-state index is 10.3. The van der Waals surface area contributed by atoms with Gasteiger partial charge in [-0.1, -0.05) is 17.8 Å². The van der Waals surface area contributed by atoms with Gasteiger partial charge in [-0.05, 0) is 18.6 Å². The van der Waals surface area contributed by atoms with Gasteiger partial charge in [-0.15, -0.1) is 0 Å². The van der Waals surface area contributed by atoms with Crippen LogP contribution in [0.1, 0.15) is 23.2 Å². The van der Waals surface area contributed by atoms with Crippen molar-refractivity contribution in [3.63, 3.8) is 0 Å². The number of carbonyl (C=O) groups is 1. The van der Waals surface area contributed by atoms with E-state index >= 15 is 0 Å². The number of para-hydroxylation sites is 1. The molecule has 17 heavy (non-hydrogen) atoms. The second kappa shape index (κ2) is 7.18. The standard InChI is InChI=1S/C7H6O4.C4H8O.Al/c8-5-3-1-2-4(6(5)9)7(10)11;1-2-3-4-5;/h1-3,8-9H,(H,10,11);1-4H2;/q;-1;+1. The third-order valence-corrected chi connectivity index (χ3v) is 3.31. The van der Waals surface area contributed by atoms with Gasteiger partial charge in [-0.25, -0.2) is 4.79 Å². The Bertz CT molecular complexity index is 365. The molecule has 0 unspecified atom stereocenters. The van der Waals surface area contributed by atoms with Crippen molar-refractivity contribution < 1.29 is 23.9 Å². The minimum Gasteiger partial charge on any atom is -0.507 e. The zero-order valence-corrected chi connectivity index (χ0v) is 10.5. The molecular formula is C11H14AlO5. The highest BCUT2D eigenvalue weighted by atomic mass is 27.1. The molecule has 1 radical (unpaired) electrons. The summed E-state index contributed by atoms with van der Waals surface area (Å²) in [6, 6.07) is 3.76. The highest BCUT2D eigenvalue weighted by molar-refractivity contribution is 6.27. The lowest BCUT2D eigenvalue weighted by Crippen LogP contribution is -2.06. The molecule has 5 nitrogen and oxygen atoms in total. The number of aromatic hydroxyl groups is 2. The quantitative estimate of drug-likeness (QED) is 0.523. The molecule has 1 saturated heterocycles. The molecule has 0 amide bonds.